The molecule has 28 heavy (non-hydrogen) atoms. The topological polar surface area (TPSA) is 76.5 Å². The van der Waals surface area contributed by atoms with Crippen molar-refractivity contribution in [2.24, 2.45) is 5.41 Å². The number of halogens is 1. The molecule has 0 bridgehead atoms. The maximum Gasteiger partial charge on any atom is 0.280 e. The van der Waals surface area contributed by atoms with E-state index in [2.05, 4.69) is 23.7 Å². The van der Waals surface area contributed by atoms with Crippen LogP contribution in [0.2, 0.25) is 0 Å². The number of nitrogens with one attached hydrogen (secondary N) is 1. The molecule has 152 valence electrons. The van der Waals surface area contributed by atoms with E-state index in [4.69, 9.17) is 4.74 Å². The fourth-order valence-corrected chi connectivity index (χ4v) is 5.37. The van der Waals surface area contributed by atoms with Crippen LogP contribution in [0.15, 0.2) is 30.5 Å². The monoisotopic (exact) mass is 408 g/mol. The summed E-state index contributed by atoms with van der Waals surface area (Å²) >= 11 is 0. The summed E-state index contributed by atoms with van der Waals surface area (Å²) < 4.78 is 50.7. The number of aromatic nitrogens is 2. The number of morpholine rings is 1. The van der Waals surface area contributed by atoms with Gasteiger partial charge in [0, 0.05) is 24.3 Å². The second kappa shape index (κ2) is 7.22. The van der Waals surface area contributed by atoms with Crippen LogP contribution in [0.3, 0.4) is 0 Å². The van der Waals surface area contributed by atoms with Crippen LogP contribution >= 0.6 is 0 Å². The highest BCUT2D eigenvalue weighted by Gasteiger charge is 2.38. The summed E-state index contributed by atoms with van der Waals surface area (Å²) in [6, 6.07) is 5.88. The minimum atomic E-state index is -3.63. The molecule has 0 amide bonds. The minimum Gasteiger partial charge on any atom is -0.379 e. The number of fused-ring (bicyclic) bond motifs is 1. The lowest BCUT2D eigenvalue weighted by molar-refractivity contribution is 0.0721. The first kappa shape index (κ1) is 19.5. The third-order valence-corrected chi connectivity index (χ3v) is 6.96. The van der Waals surface area contributed by atoms with Crippen molar-refractivity contribution >= 4 is 10.2 Å². The van der Waals surface area contributed by atoms with Crippen molar-refractivity contribution in [3.63, 3.8) is 0 Å². The van der Waals surface area contributed by atoms with Crippen molar-refractivity contribution in [3.8, 4) is 5.69 Å². The first-order valence-electron chi connectivity index (χ1n) is 9.43. The molecule has 2 heterocycles. The molecule has 0 spiro atoms. The summed E-state index contributed by atoms with van der Waals surface area (Å²) in [4.78, 5) is 0. The Hall–Kier alpha value is -1.81. The van der Waals surface area contributed by atoms with Gasteiger partial charge in [0.25, 0.3) is 10.2 Å². The lowest BCUT2D eigenvalue weighted by Gasteiger charge is -2.37. The van der Waals surface area contributed by atoms with Gasteiger partial charge in [-0.3, -0.25) is 0 Å². The zero-order chi connectivity index (χ0) is 19.9. The number of benzene rings is 1. The van der Waals surface area contributed by atoms with E-state index < -0.39 is 10.2 Å². The molecule has 0 unspecified atom stereocenters. The summed E-state index contributed by atoms with van der Waals surface area (Å²) in [5.41, 5.74) is 2.27. The Morgan fingerprint density at radius 1 is 1.29 bits per heavy atom. The fourth-order valence-electron chi connectivity index (χ4n) is 4.02. The highest BCUT2D eigenvalue weighted by molar-refractivity contribution is 7.87. The molecule has 1 aliphatic carbocycles. The van der Waals surface area contributed by atoms with Gasteiger partial charge in [-0.05, 0) is 36.5 Å². The zero-order valence-electron chi connectivity index (χ0n) is 16.1. The van der Waals surface area contributed by atoms with Gasteiger partial charge in [0.2, 0.25) is 0 Å². The van der Waals surface area contributed by atoms with Crippen LogP contribution < -0.4 is 4.72 Å². The Morgan fingerprint density at radius 3 is 2.75 bits per heavy atom. The molecule has 1 saturated heterocycles. The van der Waals surface area contributed by atoms with Gasteiger partial charge in [0.15, 0.2) is 0 Å². The fraction of sp³-hybridized carbons (Fsp3) is 0.526. The predicted octanol–water partition coefficient (Wildman–Crippen LogP) is 2.19. The van der Waals surface area contributed by atoms with Gasteiger partial charge in [-0.2, -0.15) is 22.5 Å². The van der Waals surface area contributed by atoms with E-state index in [0.29, 0.717) is 38.4 Å². The molecule has 0 radical (unpaired) electrons. The lowest BCUT2D eigenvalue weighted by atomic mass is 9.74. The molecule has 4 rings (SSSR count). The van der Waals surface area contributed by atoms with Crippen LogP contribution in [-0.2, 0) is 21.4 Å². The lowest BCUT2D eigenvalue weighted by Crippen LogP contribution is -2.48. The first-order chi connectivity index (χ1) is 13.3. The van der Waals surface area contributed by atoms with E-state index in [9.17, 15) is 12.8 Å². The molecule has 1 aromatic carbocycles. The number of rotatable bonds is 4. The van der Waals surface area contributed by atoms with Gasteiger partial charge < -0.3 is 4.74 Å². The molecular formula is C19H25FN4O3S. The van der Waals surface area contributed by atoms with Crippen molar-refractivity contribution in [1.29, 1.82) is 0 Å². The van der Waals surface area contributed by atoms with Crippen molar-refractivity contribution in [2.75, 3.05) is 26.3 Å². The second-order valence-corrected chi connectivity index (χ2v) is 9.87. The van der Waals surface area contributed by atoms with Crippen molar-refractivity contribution in [2.45, 2.75) is 32.7 Å². The van der Waals surface area contributed by atoms with Crippen molar-refractivity contribution in [3.05, 3.63) is 47.5 Å². The summed E-state index contributed by atoms with van der Waals surface area (Å²) in [6.45, 7) is 5.71. The number of hydrogen-bond donors (Lipinski definition) is 1. The number of ether oxygens (including phenoxy) is 1. The average molecular weight is 408 g/mol. The summed E-state index contributed by atoms with van der Waals surface area (Å²) in [6.07, 6.45) is 3.09. The summed E-state index contributed by atoms with van der Waals surface area (Å²) in [5.74, 6) is -0.332. The molecule has 2 aliphatic rings. The maximum atomic E-state index is 13.7. The summed E-state index contributed by atoms with van der Waals surface area (Å²) in [7, 11) is -3.63. The molecule has 1 aromatic heterocycles. The van der Waals surface area contributed by atoms with E-state index in [1.54, 1.807) is 23.0 Å². The highest BCUT2D eigenvalue weighted by atomic mass is 32.2. The van der Waals surface area contributed by atoms with Crippen LogP contribution in [0.4, 0.5) is 4.39 Å². The van der Waals surface area contributed by atoms with Gasteiger partial charge in [0.1, 0.15) is 5.82 Å². The Kier molecular flexibility index (Phi) is 5.03. The summed E-state index contributed by atoms with van der Waals surface area (Å²) in [5, 5.41) is 4.45. The van der Waals surface area contributed by atoms with Gasteiger partial charge in [-0.15, -0.1) is 0 Å². The Bertz CT molecular complexity index is 967. The molecule has 1 aliphatic heterocycles. The Balaban J connectivity index is 1.68. The van der Waals surface area contributed by atoms with E-state index >= 15 is 0 Å². The standard InChI is InChI=1S/C19H25FN4O3S/c1-19(2)11-17(22-28(25,26)23-6-8-27-9-7-23)16-13-21-24(18(16)12-19)15-5-3-4-14(20)10-15/h3-5,10,13,17,22H,6-9,11-12H2,1-2H3/t17-/m1/s1. The third kappa shape index (κ3) is 3.84. The normalized spacial score (nSPS) is 22.8. The third-order valence-electron chi connectivity index (χ3n) is 5.33. The van der Waals surface area contributed by atoms with E-state index in [1.807, 2.05) is 0 Å². The SMILES string of the molecule is CC1(C)Cc2c(cnn2-c2cccc(F)c2)[C@H](NS(=O)(=O)N2CCOCC2)C1. The average Bonchev–Trinajstić information content (AvgIpc) is 3.05. The molecule has 1 fully saturated rings. The van der Waals surface area contributed by atoms with Crippen molar-refractivity contribution in [1.82, 2.24) is 18.8 Å². The zero-order valence-corrected chi connectivity index (χ0v) is 16.9. The molecule has 2 aromatic rings. The van der Waals surface area contributed by atoms with Gasteiger partial charge >= 0.3 is 0 Å². The molecule has 1 atom stereocenters. The minimum absolute atomic E-state index is 0.129. The second-order valence-electron chi connectivity index (χ2n) is 8.17. The van der Waals surface area contributed by atoms with E-state index in [-0.39, 0.29) is 17.3 Å². The Labute approximate surface area is 164 Å². The van der Waals surface area contributed by atoms with Crippen LogP contribution in [-0.4, -0.2) is 48.8 Å². The number of nitrogens with zero attached hydrogens (tertiary/aromatic N) is 3. The van der Waals surface area contributed by atoms with Gasteiger partial charge in [-0.1, -0.05) is 19.9 Å². The van der Waals surface area contributed by atoms with Crippen LogP contribution in [0.25, 0.3) is 5.69 Å². The van der Waals surface area contributed by atoms with E-state index in [1.165, 1.54) is 16.4 Å². The smallest absolute Gasteiger partial charge is 0.280 e. The largest absolute Gasteiger partial charge is 0.379 e. The molecular weight excluding hydrogens is 383 g/mol. The molecule has 7 nitrogen and oxygen atoms in total. The molecule has 0 saturated carbocycles. The maximum absolute atomic E-state index is 13.7. The molecule has 9 heteroatoms. The quantitative estimate of drug-likeness (QED) is 0.841. The molecule has 1 N–H and O–H groups in total. The highest BCUT2D eigenvalue weighted by Crippen LogP contribution is 2.41. The van der Waals surface area contributed by atoms with Gasteiger partial charge in [-0.25, -0.2) is 9.07 Å². The Morgan fingerprint density at radius 2 is 2.04 bits per heavy atom. The van der Waals surface area contributed by atoms with E-state index in [0.717, 1.165) is 17.7 Å². The van der Waals surface area contributed by atoms with Crippen molar-refractivity contribution < 1.29 is 17.5 Å². The van der Waals surface area contributed by atoms with Crippen LogP contribution in [0.5, 0.6) is 0 Å². The van der Waals surface area contributed by atoms with Crippen LogP contribution in [0.1, 0.15) is 37.6 Å². The predicted molar refractivity (Wildman–Crippen MR) is 103 cm³/mol. The van der Waals surface area contributed by atoms with Crippen LogP contribution in [0, 0.1) is 11.2 Å². The van der Waals surface area contributed by atoms with Gasteiger partial charge in [0.05, 0.1) is 31.1 Å². The first-order valence-corrected chi connectivity index (χ1v) is 10.9. The number of hydrogen-bond acceptors (Lipinski definition) is 4.